The highest BCUT2D eigenvalue weighted by Gasteiger charge is 2.57. The lowest BCUT2D eigenvalue weighted by Gasteiger charge is -2.57. The van der Waals surface area contributed by atoms with E-state index in [1.165, 1.54) is 19.4 Å². The Labute approximate surface area is 179 Å². The fourth-order valence-corrected chi connectivity index (χ4v) is 7.21. The zero-order valence-corrected chi connectivity index (χ0v) is 18.7. The van der Waals surface area contributed by atoms with E-state index in [1.54, 1.807) is 0 Å². The summed E-state index contributed by atoms with van der Waals surface area (Å²) in [6.07, 6.45) is 11.5. The minimum atomic E-state index is -0.408. The van der Waals surface area contributed by atoms with Gasteiger partial charge in [0, 0.05) is 25.8 Å². The first kappa shape index (κ1) is 21.3. The van der Waals surface area contributed by atoms with Crippen molar-refractivity contribution in [2.45, 2.75) is 78.7 Å². The highest BCUT2D eigenvalue weighted by atomic mass is 16.5. The third kappa shape index (κ3) is 3.44. The van der Waals surface area contributed by atoms with E-state index in [4.69, 9.17) is 9.47 Å². The number of ketones is 1. The molecule has 0 saturated heterocycles. The van der Waals surface area contributed by atoms with E-state index >= 15 is 0 Å². The van der Waals surface area contributed by atoms with E-state index in [0.29, 0.717) is 17.8 Å². The highest BCUT2D eigenvalue weighted by molar-refractivity contribution is 5.99. The Kier molecular flexibility index (Phi) is 5.44. The number of rotatable bonds is 4. The van der Waals surface area contributed by atoms with E-state index in [1.807, 2.05) is 0 Å². The summed E-state index contributed by atoms with van der Waals surface area (Å²) in [6.45, 7) is 7.36. The third-order valence-corrected chi connectivity index (χ3v) is 8.68. The van der Waals surface area contributed by atoms with Crippen LogP contribution >= 0.6 is 0 Å². The minimum absolute atomic E-state index is 0.0193. The Balaban J connectivity index is 1.52. The Bertz CT molecular complexity index is 823. The average Bonchev–Trinajstić information content (AvgIpc) is 3.03. The predicted molar refractivity (Wildman–Crippen MR) is 112 cm³/mol. The number of hydrogen-bond acceptors (Lipinski definition) is 5. The van der Waals surface area contributed by atoms with Gasteiger partial charge in [-0.15, -0.1) is 0 Å². The van der Waals surface area contributed by atoms with Gasteiger partial charge in [0.2, 0.25) is 0 Å². The Hall–Kier alpha value is -1.91. The van der Waals surface area contributed by atoms with Gasteiger partial charge in [0.15, 0.2) is 12.4 Å². The van der Waals surface area contributed by atoms with Crippen LogP contribution in [-0.4, -0.2) is 30.4 Å². The summed E-state index contributed by atoms with van der Waals surface area (Å²) in [7, 11) is 0. The maximum atomic E-state index is 12.8. The molecule has 4 rings (SSSR count). The van der Waals surface area contributed by atoms with Crippen molar-refractivity contribution in [3.05, 3.63) is 23.3 Å². The van der Waals surface area contributed by atoms with E-state index < -0.39 is 5.97 Å². The van der Waals surface area contributed by atoms with Crippen molar-refractivity contribution in [2.75, 3.05) is 6.61 Å². The lowest BCUT2D eigenvalue weighted by Crippen LogP contribution is -2.50. The van der Waals surface area contributed by atoms with Gasteiger partial charge in [0.1, 0.15) is 6.10 Å². The first-order valence-corrected chi connectivity index (χ1v) is 11.4. The van der Waals surface area contributed by atoms with Crippen LogP contribution in [0.4, 0.5) is 0 Å². The molecule has 5 heteroatoms. The Morgan fingerprint density at radius 1 is 0.967 bits per heavy atom. The summed E-state index contributed by atoms with van der Waals surface area (Å²) in [5.41, 5.74) is 2.41. The fourth-order valence-electron chi connectivity index (χ4n) is 7.21. The molecule has 0 spiro atoms. The lowest BCUT2D eigenvalue weighted by atomic mass is 9.47. The first-order chi connectivity index (χ1) is 14.1. The maximum Gasteiger partial charge on any atom is 0.303 e. The maximum absolute atomic E-state index is 12.8. The van der Waals surface area contributed by atoms with Crippen LogP contribution in [0.15, 0.2) is 23.3 Å². The first-order valence-electron chi connectivity index (χ1n) is 11.4. The molecule has 0 heterocycles. The molecule has 0 bridgehead atoms. The number of fused-ring (bicyclic) bond motifs is 5. The van der Waals surface area contributed by atoms with E-state index in [2.05, 4.69) is 26.0 Å². The van der Waals surface area contributed by atoms with Crippen LogP contribution in [0.3, 0.4) is 0 Å². The summed E-state index contributed by atoms with van der Waals surface area (Å²) in [5, 5.41) is 0. The zero-order valence-electron chi connectivity index (χ0n) is 18.7. The zero-order chi connectivity index (χ0) is 21.7. The SMILES string of the molecule is CC(=O)OCC(=O)C1=CC[C@@H]2[C@@H]3CC=C4C[C@@H](OC(C)=O)CC[C@]4(C)[C@H]3CC[C@]12C. The molecule has 164 valence electrons. The molecule has 0 amide bonds. The number of ether oxygens (including phenoxy) is 2. The molecule has 6 atom stereocenters. The minimum Gasteiger partial charge on any atom is -0.462 e. The van der Waals surface area contributed by atoms with Crippen LogP contribution in [0.1, 0.15) is 72.6 Å². The summed E-state index contributed by atoms with van der Waals surface area (Å²) in [5.74, 6) is 1.02. The average molecular weight is 415 g/mol. The van der Waals surface area contributed by atoms with Crippen molar-refractivity contribution in [3.8, 4) is 0 Å². The molecular weight excluding hydrogens is 380 g/mol. The molecule has 0 aromatic carbocycles. The number of esters is 2. The highest BCUT2D eigenvalue weighted by Crippen LogP contribution is 2.65. The summed E-state index contributed by atoms with van der Waals surface area (Å²) < 4.78 is 10.5. The molecule has 0 aromatic heterocycles. The normalized spacial score (nSPS) is 39.6. The second kappa shape index (κ2) is 7.65. The van der Waals surface area contributed by atoms with Crippen LogP contribution < -0.4 is 0 Å². The van der Waals surface area contributed by atoms with Crippen molar-refractivity contribution in [1.29, 1.82) is 0 Å². The van der Waals surface area contributed by atoms with Crippen LogP contribution in [0.5, 0.6) is 0 Å². The van der Waals surface area contributed by atoms with Crippen molar-refractivity contribution in [3.63, 3.8) is 0 Å². The van der Waals surface area contributed by atoms with Gasteiger partial charge in [-0.25, -0.2) is 0 Å². The van der Waals surface area contributed by atoms with Gasteiger partial charge in [0.25, 0.3) is 0 Å². The van der Waals surface area contributed by atoms with Gasteiger partial charge in [-0.05, 0) is 67.1 Å². The van der Waals surface area contributed by atoms with Gasteiger partial charge < -0.3 is 9.47 Å². The second-order valence-electron chi connectivity index (χ2n) is 10.2. The quantitative estimate of drug-likeness (QED) is 0.499. The number of hydrogen-bond donors (Lipinski definition) is 0. The smallest absolute Gasteiger partial charge is 0.303 e. The van der Waals surface area contributed by atoms with E-state index in [9.17, 15) is 14.4 Å². The van der Waals surface area contributed by atoms with Crippen molar-refractivity contribution in [1.82, 2.24) is 0 Å². The van der Waals surface area contributed by atoms with Crippen LogP contribution in [0.25, 0.3) is 0 Å². The fraction of sp³-hybridized carbons (Fsp3) is 0.720. The Morgan fingerprint density at radius 2 is 1.70 bits per heavy atom. The van der Waals surface area contributed by atoms with Crippen LogP contribution in [0.2, 0.25) is 0 Å². The molecule has 0 N–H and O–H groups in total. The summed E-state index contributed by atoms with van der Waals surface area (Å²) >= 11 is 0. The molecule has 0 unspecified atom stereocenters. The van der Waals surface area contributed by atoms with Gasteiger partial charge in [-0.3, -0.25) is 14.4 Å². The topological polar surface area (TPSA) is 69.7 Å². The molecule has 4 aliphatic rings. The molecule has 0 aliphatic heterocycles. The molecular formula is C25H34O5. The van der Waals surface area contributed by atoms with Crippen LogP contribution in [-0.2, 0) is 23.9 Å². The van der Waals surface area contributed by atoms with E-state index in [-0.39, 0.29) is 35.3 Å². The van der Waals surface area contributed by atoms with Crippen molar-refractivity contribution < 1.29 is 23.9 Å². The molecule has 30 heavy (non-hydrogen) atoms. The molecule has 2 fully saturated rings. The number of carbonyl (C=O) groups excluding carboxylic acids is 3. The largest absolute Gasteiger partial charge is 0.462 e. The standard InChI is InChI=1S/C25H34O5/c1-15(26)29-14-23(28)22-8-7-20-19-6-5-17-13-18(30-16(2)27)9-11-24(17,3)21(19)10-12-25(20,22)4/h5,8,18-21H,6-7,9-14H2,1-4H3/t18-,19-,20+,21-,24-,25-/m0/s1. The van der Waals surface area contributed by atoms with Gasteiger partial charge in [0.05, 0.1) is 0 Å². The summed E-state index contributed by atoms with van der Waals surface area (Å²) in [6, 6.07) is 0. The third-order valence-electron chi connectivity index (χ3n) is 8.68. The van der Waals surface area contributed by atoms with Gasteiger partial charge in [-0.2, -0.15) is 0 Å². The van der Waals surface area contributed by atoms with Crippen LogP contribution in [0, 0.1) is 28.6 Å². The lowest BCUT2D eigenvalue weighted by molar-refractivity contribution is -0.148. The van der Waals surface area contributed by atoms with Gasteiger partial charge >= 0.3 is 11.9 Å². The number of Topliss-reactive ketones (excluding diaryl/α,β-unsaturated/α-hetero) is 1. The van der Waals surface area contributed by atoms with E-state index in [0.717, 1.165) is 50.5 Å². The molecule has 2 saturated carbocycles. The Morgan fingerprint density at radius 3 is 2.40 bits per heavy atom. The predicted octanol–water partition coefficient (Wildman–Crippen LogP) is 4.55. The molecule has 5 nitrogen and oxygen atoms in total. The van der Waals surface area contributed by atoms with Gasteiger partial charge in [-0.1, -0.05) is 31.6 Å². The molecule has 4 aliphatic carbocycles. The molecule has 0 radical (unpaired) electrons. The summed E-state index contributed by atoms with van der Waals surface area (Å²) in [4.78, 5) is 35.3. The number of allylic oxidation sites excluding steroid dienone is 2. The van der Waals surface area contributed by atoms with Crippen molar-refractivity contribution >= 4 is 17.7 Å². The van der Waals surface area contributed by atoms with Crippen molar-refractivity contribution in [2.24, 2.45) is 28.6 Å². The number of carbonyl (C=O) groups is 3. The monoisotopic (exact) mass is 414 g/mol. The molecule has 0 aromatic rings. The second-order valence-corrected chi connectivity index (χ2v) is 10.2.